The Kier molecular flexibility index (Phi) is 76.0. The monoisotopic (exact) mass is 1540 g/mol. The summed E-state index contributed by atoms with van der Waals surface area (Å²) in [5.41, 5.74) is 0. The van der Waals surface area contributed by atoms with Crippen LogP contribution in [0.5, 0.6) is 0 Å². The molecule has 5 atom stereocenters. The number of carbonyl (C=O) groups is 4. The molecule has 0 fully saturated rings. The average molecular weight is 1540 g/mol. The summed E-state index contributed by atoms with van der Waals surface area (Å²) >= 11 is 0. The minimum Gasteiger partial charge on any atom is -0.462 e. The first-order valence-corrected chi connectivity index (χ1v) is 47.5. The maximum Gasteiger partial charge on any atom is 0.472 e. The van der Waals surface area contributed by atoms with E-state index in [1.807, 2.05) is 0 Å². The molecule has 0 aromatic heterocycles. The first kappa shape index (κ1) is 103. The van der Waals surface area contributed by atoms with Gasteiger partial charge < -0.3 is 33.8 Å². The quantitative estimate of drug-likeness (QED) is 0.0222. The summed E-state index contributed by atoms with van der Waals surface area (Å²) in [6, 6.07) is 0. The van der Waals surface area contributed by atoms with Crippen LogP contribution in [-0.2, 0) is 65.4 Å². The number of hydrogen-bond acceptors (Lipinski definition) is 15. The van der Waals surface area contributed by atoms with Crippen LogP contribution >= 0.6 is 15.6 Å². The van der Waals surface area contributed by atoms with Crippen molar-refractivity contribution in [2.45, 2.75) is 477 Å². The Balaban J connectivity index is 5.22. The molecule has 0 aliphatic heterocycles. The smallest absolute Gasteiger partial charge is 0.462 e. The summed E-state index contributed by atoms with van der Waals surface area (Å²) in [6.45, 7) is 9.66. The van der Waals surface area contributed by atoms with E-state index in [1.54, 1.807) is 0 Å². The van der Waals surface area contributed by atoms with Gasteiger partial charge in [-0.1, -0.05) is 408 Å². The van der Waals surface area contributed by atoms with Gasteiger partial charge in [0.2, 0.25) is 0 Å². The zero-order chi connectivity index (χ0) is 77.1. The van der Waals surface area contributed by atoms with E-state index in [9.17, 15) is 43.2 Å². The van der Waals surface area contributed by atoms with Crippen molar-refractivity contribution >= 4 is 39.5 Å². The number of phosphoric acid groups is 2. The number of unbranched alkanes of at least 4 members (excludes halogenated alkanes) is 55. The molecule has 0 rings (SSSR count). The van der Waals surface area contributed by atoms with Crippen molar-refractivity contribution in [3.05, 3.63) is 0 Å². The van der Waals surface area contributed by atoms with Crippen LogP contribution in [0.2, 0.25) is 0 Å². The van der Waals surface area contributed by atoms with Gasteiger partial charge in [0.05, 0.1) is 26.4 Å². The van der Waals surface area contributed by atoms with Gasteiger partial charge in [0.25, 0.3) is 0 Å². The molecule has 0 radical (unpaired) electrons. The van der Waals surface area contributed by atoms with Crippen molar-refractivity contribution in [3.8, 4) is 0 Å². The van der Waals surface area contributed by atoms with E-state index in [0.717, 1.165) is 102 Å². The van der Waals surface area contributed by atoms with Crippen molar-refractivity contribution < 1.29 is 80.2 Å². The second-order valence-electron chi connectivity index (χ2n) is 31.9. The van der Waals surface area contributed by atoms with Crippen molar-refractivity contribution in [3.63, 3.8) is 0 Å². The molecule has 0 aromatic carbocycles. The molecule has 0 saturated heterocycles. The molecule has 0 spiro atoms. The van der Waals surface area contributed by atoms with E-state index in [0.29, 0.717) is 31.6 Å². The van der Waals surface area contributed by atoms with Gasteiger partial charge >= 0.3 is 39.5 Å². The molecule has 0 saturated carbocycles. The minimum atomic E-state index is -4.97. The molecule has 19 heteroatoms. The van der Waals surface area contributed by atoms with Gasteiger partial charge in [-0.3, -0.25) is 37.3 Å². The van der Waals surface area contributed by atoms with Crippen LogP contribution in [0, 0.1) is 11.8 Å². The van der Waals surface area contributed by atoms with E-state index in [1.165, 1.54) is 270 Å². The number of aliphatic hydroxyl groups is 1. The third kappa shape index (κ3) is 79.9. The molecule has 3 N–H and O–H groups in total. The summed E-state index contributed by atoms with van der Waals surface area (Å²) in [5, 5.41) is 10.7. The van der Waals surface area contributed by atoms with E-state index in [2.05, 4.69) is 41.5 Å². The Hall–Kier alpha value is -1.94. The molecule has 0 aliphatic carbocycles. The summed E-state index contributed by atoms with van der Waals surface area (Å²) in [7, 11) is -9.93. The molecule has 2 unspecified atom stereocenters. The zero-order valence-electron chi connectivity index (χ0n) is 69.0. The van der Waals surface area contributed by atoms with E-state index in [-0.39, 0.29) is 25.7 Å². The van der Waals surface area contributed by atoms with Gasteiger partial charge in [0, 0.05) is 25.7 Å². The number of carbonyl (C=O) groups excluding carboxylic acids is 4. The lowest BCUT2D eigenvalue weighted by Gasteiger charge is -2.21. The largest absolute Gasteiger partial charge is 0.472 e. The average Bonchev–Trinajstić information content (AvgIpc) is 0.907. The molecule has 17 nitrogen and oxygen atoms in total. The predicted molar refractivity (Wildman–Crippen MR) is 432 cm³/mol. The molecular weight excluding hydrogens is 1370 g/mol. The second-order valence-corrected chi connectivity index (χ2v) is 34.8. The molecule has 105 heavy (non-hydrogen) atoms. The highest BCUT2D eigenvalue weighted by atomic mass is 31.2. The highest BCUT2D eigenvalue weighted by molar-refractivity contribution is 7.47. The molecule has 0 aliphatic rings. The Morgan fingerprint density at radius 1 is 0.257 bits per heavy atom. The summed E-state index contributed by atoms with van der Waals surface area (Å²) in [5.74, 6) is -0.577. The molecule has 0 aromatic rings. The first-order valence-electron chi connectivity index (χ1n) is 44.5. The van der Waals surface area contributed by atoms with Crippen LogP contribution in [0.4, 0.5) is 0 Å². The maximum atomic E-state index is 13.1. The van der Waals surface area contributed by atoms with Crippen molar-refractivity contribution in [2.24, 2.45) is 11.8 Å². The third-order valence-corrected chi connectivity index (χ3v) is 22.1. The van der Waals surface area contributed by atoms with E-state index < -0.39 is 97.5 Å². The highest BCUT2D eigenvalue weighted by Gasteiger charge is 2.30. The van der Waals surface area contributed by atoms with Crippen molar-refractivity contribution in [1.29, 1.82) is 0 Å². The summed E-state index contributed by atoms with van der Waals surface area (Å²) < 4.78 is 68.9. The molecule has 0 bridgehead atoms. The minimum absolute atomic E-state index is 0.108. The molecular formula is C86H168O17P2. The zero-order valence-corrected chi connectivity index (χ0v) is 70.8. The van der Waals surface area contributed by atoms with E-state index in [4.69, 9.17) is 37.0 Å². The molecule has 624 valence electrons. The Morgan fingerprint density at radius 3 is 0.648 bits per heavy atom. The van der Waals surface area contributed by atoms with Gasteiger partial charge in [-0.15, -0.1) is 0 Å². The van der Waals surface area contributed by atoms with Crippen LogP contribution < -0.4 is 0 Å². The summed E-state index contributed by atoms with van der Waals surface area (Å²) in [4.78, 5) is 73.2. The van der Waals surface area contributed by atoms with Gasteiger partial charge in [-0.2, -0.15) is 0 Å². The lowest BCUT2D eigenvalue weighted by atomic mass is 10.0. The maximum absolute atomic E-state index is 13.1. The van der Waals surface area contributed by atoms with Gasteiger partial charge in [0.1, 0.15) is 19.3 Å². The number of phosphoric ester groups is 2. The fourth-order valence-electron chi connectivity index (χ4n) is 13.4. The predicted octanol–water partition coefficient (Wildman–Crippen LogP) is 26.2. The highest BCUT2D eigenvalue weighted by Crippen LogP contribution is 2.45. The Morgan fingerprint density at radius 2 is 0.438 bits per heavy atom. The standard InChI is InChI=1S/C86H168O17P2/c1-7-9-11-13-15-17-19-21-23-27-32-36-40-44-50-56-62-68-83(88)96-74-81(102-85(90)70-65-59-52-46-42-38-34-30-26-25-29-31-35-39-43-48-54-60-66-78(3)4)76-100-104(92,93)98-72-80(87)73-99-105(94,95)101-77-82(75-97-84(89)69-63-57-53-47-49-55-61-67-79(5)6)103-86(91)71-64-58-51-45-41-37-33-28-24-22-20-18-16-14-12-10-8-2/h78-82,87H,7-77H2,1-6H3,(H,92,93)(H,94,95)/t80-,81-,82-/m1/s1. The van der Waals surface area contributed by atoms with Crippen LogP contribution in [0.25, 0.3) is 0 Å². The number of esters is 4. The number of ether oxygens (including phenoxy) is 4. The van der Waals surface area contributed by atoms with Crippen LogP contribution in [0.15, 0.2) is 0 Å². The normalized spacial score (nSPS) is 13.8. The second kappa shape index (κ2) is 77.4. The third-order valence-electron chi connectivity index (χ3n) is 20.2. The van der Waals surface area contributed by atoms with Crippen LogP contribution in [0.3, 0.4) is 0 Å². The fraction of sp³-hybridized carbons (Fsp3) is 0.953. The van der Waals surface area contributed by atoms with Crippen molar-refractivity contribution in [1.82, 2.24) is 0 Å². The van der Waals surface area contributed by atoms with Gasteiger partial charge in [-0.25, -0.2) is 9.13 Å². The Labute approximate surface area is 645 Å². The van der Waals surface area contributed by atoms with Gasteiger partial charge in [0.15, 0.2) is 12.2 Å². The first-order chi connectivity index (χ1) is 50.9. The molecule has 0 amide bonds. The van der Waals surface area contributed by atoms with Crippen LogP contribution in [-0.4, -0.2) is 96.7 Å². The van der Waals surface area contributed by atoms with Gasteiger partial charge in [-0.05, 0) is 37.5 Å². The lowest BCUT2D eigenvalue weighted by molar-refractivity contribution is -0.161. The fourth-order valence-corrected chi connectivity index (χ4v) is 15.0. The SMILES string of the molecule is CCCCCCCCCCCCCCCCCCCC(=O)OC[C@H](COP(=O)(O)OC[C@@H](O)COP(=O)(O)OC[C@@H](COC(=O)CCCCCCCCCC(C)C)OC(=O)CCCCCCCCCCCCCCCCCCC)OC(=O)CCCCCCCCCCCCCCCCCCCCC(C)C. The number of aliphatic hydroxyl groups excluding tert-OH is 1. The lowest BCUT2D eigenvalue weighted by Crippen LogP contribution is -2.30. The van der Waals surface area contributed by atoms with Crippen molar-refractivity contribution in [2.75, 3.05) is 39.6 Å². The topological polar surface area (TPSA) is 237 Å². The summed E-state index contributed by atoms with van der Waals surface area (Å²) in [6.07, 6.45) is 69.5. The van der Waals surface area contributed by atoms with Crippen LogP contribution in [0.1, 0.15) is 459 Å². The Bertz CT molecular complexity index is 2010. The number of rotatable bonds is 85. The molecule has 0 heterocycles. The van der Waals surface area contributed by atoms with E-state index >= 15 is 0 Å². The number of hydrogen-bond donors (Lipinski definition) is 3.